The number of pyridine rings is 1. The third-order valence-electron chi connectivity index (χ3n) is 9.93. The van der Waals surface area contributed by atoms with Gasteiger partial charge in [0.1, 0.15) is 6.17 Å². The Morgan fingerprint density at radius 2 is 1.67 bits per heavy atom. The number of fused-ring (bicyclic) bond motifs is 1. The molecular weight excluding hydrogens is 681 g/mol. The van der Waals surface area contributed by atoms with E-state index in [-0.39, 0.29) is 24.5 Å². The molecular formula is C34H44F4N6O3S2. The van der Waals surface area contributed by atoms with Crippen LogP contribution in [0, 0.1) is 0 Å². The van der Waals surface area contributed by atoms with Crippen molar-refractivity contribution in [3.63, 3.8) is 0 Å². The van der Waals surface area contributed by atoms with Crippen LogP contribution in [0.25, 0.3) is 11.3 Å². The second-order valence-electron chi connectivity index (χ2n) is 13.4. The van der Waals surface area contributed by atoms with Crippen molar-refractivity contribution in [2.24, 2.45) is 0 Å². The topological polar surface area (TPSA) is 94.8 Å². The number of nitrogens with zero attached hydrogens (tertiary/aromatic N) is 6. The number of aromatic nitrogens is 3. The molecule has 1 aromatic carbocycles. The molecule has 0 spiro atoms. The van der Waals surface area contributed by atoms with Crippen LogP contribution >= 0.6 is 11.8 Å². The average molecular weight is 725 g/mol. The zero-order valence-electron chi connectivity index (χ0n) is 27.7. The Kier molecular flexibility index (Phi) is 11.4. The van der Waals surface area contributed by atoms with Crippen LogP contribution in [-0.4, -0.2) is 112 Å². The molecule has 0 aliphatic carbocycles. The van der Waals surface area contributed by atoms with Gasteiger partial charge in [-0.25, -0.2) is 12.8 Å². The fourth-order valence-corrected chi connectivity index (χ4v) is 9.11. The first-order valence-corrected chi connectivity index (χ1v) is 19.7. The molecule has 3 aliphatic heterocycles. The van der Waals surface area contributed by atoms with Crippen LogP contribution in [0.4, 0.5) is 17.6 Å². The first-order chi connectivity index (χ1) is 23.3. The van der Waals surface area contributed by atoms with E-state index in [0.717, 1.165) is 55.7 Å². The number of alkyl halides is 4. The van der Waals surface area contributed by atoms with Crippen LogP contribution in [0.5, 0.6) is 0 Å². The van der Waals surface area contributed by atoms with Crippen LogP contribution in [0.15, 0.2) is 47.6 Å². The summed E-state index contributed by atoms with van der Waals surface area (Å²) in [5.74, 6) is 0.861. The number of benzene rings is 1. The van der Waals surface area contributed by atoms with E-state index in [1.165, 1.54) is 22.0 Å². The molecule has 15 heteroatoms. The van der Waals surface area contributed by atoms with Crippen molar-refractivity contribution >= 4 is 21.8 Å². The van der Waals surface area contributed by atoms with E-state index in [4.69, 9.17) is 5.10 Å². The molecule has 3 aromatic rings. The minimum atomic E-state index is -4.56. The minimum absolute atomic E-state index is 0.0517. The summed E-state index contributed by atoms with van der Waals surface area (Å²) in [6.45, 7) is 4.35. The Hall–Kier alpha value is -2.56. The van der Waals surface area contributed by atoms with Gasteiger partial charge in [0.15, 0.2) is 0 Å². The Morgan fingerprint density at radius 1 is 0.980 bits per heavy atom. The normalized spacial score (nSPS) is 20.0. The number of piperidine rings is 2. The largest absolute Gasteiger partial charge is 0.417 e. The van der Waals surface area contributed by atoms with E-state index in [0.29, 0.717) is 73.9 Å². The van der Waals surface area contributed by atoms with Crippen LogP contribution in [0.1, 0.15) is 54.0 Å². The van der Waals surface area contributed by atoms with E-state index < -0.39 is 34.0 Å². The van der Waals surface area contributed by atoms with Crippen molar-refractivity contribution in [3.05, 3.63) is 65.1 Å². The maximum Gasteiger partial charge on any atom is 0.417 e. The van der Waals surface area contributed by atoms with Crippen molar-refractivity contribution in [1.29, 1.82) is 0 Å². The first-order valence-electron chi connectivity index (χ1n) is 16.9. The quantitative estimate of drug-likeness (QED) is 0.217. The summed E-state index contributed by atoms with van der Waals surface area (Å²) in [7, 11) is -3.53. The lowest BCUT2D eigenvalue weighted by atomic mass is 9.90. The molecule has 3 aliphatic rings. The van der Waals surface area contributed by atoms with E-state index in [1.807, 2.05) is 12.4 Å². The molecule has 0 saturated carbocycles. The number of rotatable bonds is 11. The minimum Gasteiger partial charge on any atom is -0.390 e. The lowest BCUT2D eigenvalue weighted by Gasteiger charge is -2.33. The highest BCUT2D eigenvalue weighted by Gasteiger charge is 2.35. The molecule has 2 fully saturated rings. The van der Waals surface area contributed by atoms with Crippen LogP contribution < -0.4 is 0 Å². The molecule has 1 unspecified atom stereocenters. The second kappa shape index (κ2) is 15.4. The van der Waals surface area contributed by atoms with Crippen LogP contribution in [-0.2, 0) is 35.7 Å². The molecule has 6 rings (SSSR count). The molecule has 9 nitrogen and oxygen atoms in total. The van der Waals surface area contributed by atoms with Gasteiger partial charge in [0, 0.05) is 85.6 Å². The Labute approximate surface area is 289 Å². The predicted octanol–water partition coefficient (Wildman–Crippen LogP) is 5.05. The Morgan fingerprint density at radius 3 is 2.35 bits per heavy atom. The molecule has 1 N–H and O–H groups in total. The van der Waals surface area contributed by atoms with Crippen molar-refractivity contribution in [3.8, 4) is 11.3 Å². The van der Waals surface area contributed by atoms with Crippen LogP contribution in [0.3, 0.4) is 0 Å². The highest BCUT2D eigenvalue weighted by atomic mass is 32.2. The summed E-state index contributed by atoms with van der Waals surface area (Å²) >= 11 is 1.11. The Balaban J connectivity index is 1.21. The molecule has 268 valence electrons. The van der Waals surface area contributed by atoms with Gasteiger partial charge in [0.25, 0.3) is 0 Å². The molecule has 0 radical (unpaired) electrons. The standard InChI is InChI=1S/C34H44F4N6O3S2/c1-49(46,47)43-17-10-31-29(23-43)33(40-44(31)22-28(45)21-42-13-6-25(7-14-42)24-4-11-39-12-5-24)26-2-3-30(34(36,37)38)32(20-26)48-19-18-41-15-8-27(35)9-16-41/h2-5,11-12,20,25,27-28,45H,6-10,13-19,21-23H2,1H3. The monoisotopic (exact) mass is 724 g/mol. The third kappa shape index (κ3) is 9.03. The van der Waals surface area contributed by atoms with E-state index in [2.05, 4.69) is 26.9 Å². The maximum absolute atomic E-state index is 14.1. The molecule has 0 bridgehead atoms. The number of hydrogen-bond acceptors (Lipinski definition) is 8. The van der Waals surface area contributed by atoms with Gasteiger partial charge in [-0.05, 0) is 74.5 Å². The summed E-state index contributed by atoms with van der Waals surface area (Å²) in [6.07, 6.45) is 1.83. The van der Waals surface area contributed by atoms with Gasteiger partial charge in [0.05, 0.1) is 30.2 Å². The van der Waals surface area contributed by atoms with Gasteiger partial charge in [0.2, 0.25) is 10.0 Å². The molecule has 0 amide bonds. The highest BCUT2D eigenvalue weighted by Crippen LogP contribution is 2.40. The van der Waals surface area contributed by atoms with E-state index in [9.17, 15) is 31.1 Å². The number of sulfonamides is 1. The van der Waals surface area contributed by atoms with Gasteiger partial charge in [-0.1, -0.05) is 6.07 Å². The second-order valence-corrected chi connectivity index (χ2v) is 16.5. The average Bonchev–Trinajstić information content (AvgIpc) is 3.43. The smallest absolute Gasteiger partial charge is 0.390 e. The fourth-order valence-electron chi connectivity index (χ4n) is 7.20. The lowest BCUT2D eigenvalue weighted by molar-refractivity contribution is -0.139. The third-order valence-corrected chi connectivity index (χ3v) is 12.2. The number of β-amino-alcohol motifs (C(OH)–C–C–N with tert-alkyl or cyclic N) is 1. The maximum atomic E-state index is 14.1. The Bertz CT molecular complexity index is 1670. The van der Waals surface area contributed by atoms with E-state index in [1.54, 1.807) is 4.68 Å². The van der Waals surface area contributed by atoms with Crippen molar-refractivity contribution in [2.45, 2.75) is 74.5 Å². The molecule has 5 heterocycles. The van der Waals surface area contributed by atoms with E-state index >= 15 is 0 Å². The number of aliphatic hydroxyl groups is 1. The van der Waals surface area contributed by atoms with Gasteiger partial charge < -0.3 is 14.9 Å². The summed E-state index contributed by atoms with van der Waals surface area (Å²) in [4.78, 5) is 8.49. The number of halogens is 4. The number of likely N-dealkylation sites (tertiary alicyclic amines) is 2. The summed E-state index contributed by atoms with van der Waals surface area (Å²) < 4.78 is 84.1. The summed E-state index contributed by atoms with van der Waals surface area (Å²) in [5, 5.41) is 16.1. The first kappa shape index (κ1) is 36.2. The summed E-state index contributed by atoms with van der Waals surface area (Å²) in [5.41, 5.74) is 2.86. The van der Waals surface area contributed by atoms with Crippen molar-refractivity contribution in [1.82, 2.24) is 28.9 Å². The highest BCUT2D eigenvalue weighted by molar-refractivity contribution is 7.99. The van der Waals surface area contributed by atoms with Gasteiger partial charge >= 0.3 is 6.18 Å². The summed E-state index contributed by atoms with van der Waals surface area (Å²) in [6, 6.07) is 8.07. The molecule has 1 atom stereocenters. The molecule has 49 heavy (non-hydrogen) atoms. The number of hydrogen-bond donors (Lipinski definition) is 1. The van der Waals surface area contributed by atoms with Crippen molar-refractivity contribution < 1.29 is 31.1 Å². The fraction of sp³-hybridized carbons (Fsp3) is 0.588. The molecule has 2 saturated heterocycles. The molecule has 2 aromatic heterocycles. The van der Waals surface area contributed by atoms with Gasteiger partial charge in [-0.15, -0.1) is 11.8 Å². The zero-order valence-corrected chi connectivity index (χ0v) is 29.3. The van der Waals surface area contributed by atoms with Crippen molar-refractivity contribution in [2.75, 3.05) is 57.8 Å². The van der Waals surface area contributed by atoms with Crippen LogP contribution in [0.2, 0.25) is 0 Å². The predicted molar refractivity (Wildman–Crippen MR) is 182 cm³/mol. The number of thioether (sulfide) groups is 1. The SMILES string of the molecule is CS(=O)(=O)N1CCc2c(c(-c3ccc(C(F)(F)F)c(SCCN4CCC(F)CC4)c3)nn2CC(O)CN2CCC(c3ccncc3)CC2)C1. The zero-order chi connectivity index (χ0) is 34.8. The van der Waals surface area contributed by atoms with Gasteiger partial charge in [-0.3, -0.25) is 9.67 Å². The van der Waals surface area contributed by atoms with Gasteiger partial charge in [-0.2, -0.15) is 22.6 Å². The number of aliphatic hydroxyl groups excluding tert-OH is 1. The lowest BCUT2D eigenvalue weighted by Crippen LogP contribution is -2.40.